The summed E-state index contributed by atoms with van der Waals surface area (Å²) in [5.41, 5.74) is 55.3. The molecule has 4 aliphatic carbocycles. The summed E-state index contributed by atoms with van der Waals surface area (Å²) >= 11 is 0. The molecule has 0 fully saturated rings. The molecular weight excluding hydrogens is 1370 g/mol. The Morgan fingerprint density at radius 3 is 0.772 bits per heavy atom. The maximum atomic E-state index is 2.45. The molecule has 0 spiro atoms. The van der Waals surface area contributed by atoms with Crippen molar-refractivity contribution in [2.24, 2.45) is 0 Å². The molecule has 0 aromatic heterocycles. The van der Waals surface area contributed by atoms with Gasteiger partial charge in [-0.2, -0.15) is 0 Å². The van der Waals surface area contributed by atoms with Gasteiger partial charge in [0, 0.05) is 0 Å². The fourth-order valence-electron chi connectivity index (χ4n) is 16.6. The number of hydrogen-bond acceptors (Lipinski definition) is 0. The van der Waals surface area contributed by atoms with E-state index in [1.807, 2.05) is 6.07 Å². The minimum Gasteiger partial charge on any atom is -0.0622 e. The highest BCUT2D eigenvalue weighted by atomic mass is 14.3. The Bertz CT molecular complexity index is 5800. The number of aryl methyl sites for hydroxylation is 14. The van der Waals surface area contributed by atoms with Crippen LogP contribution in [-0.4, -0.2) is 0 Å². The van der Waals surface area contributed by atoms with Crippen molar-refractivity contribution < 1.29 is 0 Å². The third-order valence-electron chi connectivity index (χ3n) is 22.5. The van der Waals surface area contributed by atoms with Crippen molar-refractivity contribution >= 4 is 0 Å². The zero-order chi connectivity index (χ0) is 79.5. The van der Waals surface area contributed by atoms with E-state index in [0.717, 1.165) is 25.7 Å². The van der Waals surface area contributed by atoms with E-state index in [1.54, 1.807) is 11.1 Å². The summed E-state index contributed by atoms with van der Waals surface area (Å²) in [4.78, 5) is 0. The van der Waals surface area contributed by atoms with Gasteiger partial charge < -0.3 is 0 Å². The van der Waals surface area contributed by atoms with E-state index in [4.69, 9.17) is 0 Å². The first-order chi connectivity index (χ1) is 55.2. The monoisotopic (exact) mass is 1470 g/mol. The van der Waals surface area contributed by atoms with E-state index in [1.165, 1.54) is 211 Å². The smallest absolute Gasteiger partial charge is 0.00103 e. The number of hydrogen-bond donors (Lipinski definition) is 0. The molecule has 0 unspecified atom stereocenters. The van der Waals surface area contributed by atoms with Crippen LogP contribution >= 0.6 is 0 Å². The lowest BCUT2D eigenvalue weighted by atomic mass is 9.96. The molecule has 114 heavy (non-hydrogen) atoms. The van der Waals surface area contributed by atoms with Crippen LogP contribution < -0.4 is 0 Å². The minimum atomic E-state index is 1.08. The van der Waals surface area contributed by atoms with E-state index >= 15 is 0 Å². The second-order valence-electron chi connectivity index (χ2n) is 32.3. The van der Waals surface area contributed by atoms with Crippen molar-refractivity contribution in [3.05, 3.63) is 462 Å². The second-order valence-corrected chi connectivity index (χ2v) is 32.3. The Morgan fingerprint density at radius 1 is 0.132 bits per heavy atom. The zero-order valence-corrected chi connectivity index (χ0v) is 69.2. The van der Waals surface area contributed by atoms with Crippen LogP contribution in [0.5, 0.6) is 0 Å². The zero-order valence-electron chi connectivity index (χ0n) is 69.2. The minimum absolute atomic E-state index is 1.08. The molecule has 0 radical (unpaired) electrons. The van der Waals surface area contributed by atoms with Gasteiger partial charge in [0.2, 0.25) is 0 Å². The first-order valence-electron chi connectivity index (χ1n) is 40.6. The van der Waals surface area contributed by atoms with Crippen LogP contribution in [0.1, 0.15) is 122 Å². The summed E-state index contributed by atoms with van der Waals surface area (Å²) in [6, 6.07) is 123. The van der Waals surface area contributed by atoms with Gasteiger partial charge in [-0.3, -0.25) is 0 Å². The van der Waals surface area contributed by atoms with Gasteiger partial charge >= 0.3 is 0 Å². The summed E-state index contributed by atoms with van der Waals surface area (Å²) in [5.74, 6) is 0. The Morgan fingerprint density at radius 2 is 0.395 bits per heavy atom. The van der Waals surface area contributed by atoms with Crippen molar-refractivity contribution in [1.29, 1.82) is 0 Å². The first kappa shape index (κ1) is 78.2. The van der Waals surface area contributed by atoms with Crippen molar-refractivity contribution in [3.8, 4) is 100 Å². The SMILES string of the molecule is Cc1cc(C)cc(-c2ccccc2)c1.Cc1ccc(-c2ccc(C)cc2)cc1.Cc1ccc(-c2cccc(C)c2)cc1.Cc1ccc(C)c(-c2ccccc2)c1.Cc1ccc2c(c1)Cc1c-2ccc2c1Cc1cc(C)ccc1-2.Cc1ccc2c(c1)Cc1cc3c(cc1-2)Cc1cc(C)ccc1-3.Cc1cccc(-c2cccc(C)c2)c1. The molecule has 0 saturated heterocycles. The molecule has 16 aromatic rings. The summed E-state index contributed by atoms with van der Waals surface area (Å²) in [7, 11) is 0. The lowest BCUT2D eigenvalue weighted by Gasteiger charge is -2.07. The normalized spacial score (nSPS) is 11.5. The summed E-state index contributed by atoms with van der Waals surface area (Å²) < 4.78 is 0. The third kappa shape index (κ3) is 19.0. The van der Waals surface area contributed by atoms with Gasteiger partial charge in [0.05, 0.1) is 0 Å². The third-order valence-corrected chi connectivity index (χ3v) is 22.5. The maximum Gasteiger partial charge on any atom is -0.00103 e. The van der Waals surface area contributed by atoms with Crippen LogP contribution in [0.15, 0.2) is 340 Å². The fourth-order valence-corrected chi connectivity index (χ4v) is 16.6. The van der Waals surface area contributed by atoms with Gasteiger partial charge in [-0.15, -0.1) is 0 Å². The van der Waals surface area contributed by atoms with Crippen LogP contribution in [0, 0.1) is 96.9 Å². The van der Waals surface area contributed by atoms with E-state index in [0.29, 0.717) is 0 Å². The summed E-state index contributed by atoms with van der Waals surface area (Å²) in [5, 5.41) is 0. The van der Waals surface area contributed by atoms with Gasteiger partial charge in [-0.25, -0.2) is 0 Å². The average Bonchev–Trinajstić information content (AvgIpc) is 1.59. The van der Waals surface area contributed by atoms with Crippen molar-refractivity contribution in [3.63, 3.8) is 0 Å². The van der Waals surface area contributed by atoms with Crippen molar-refractivity contribution in [2.75, 3.05) is 0 Å². The van der Waals surface area contributed by atoms with Crippen molar-refractivity contribution in [1.82, 2.24) is 0 Å². The topological polar surface area (TPSA) is 0 Å². The van der Waals surface area contributed by atoms with Crippen LogP contribution in [0.2, 0.25) is 0 Å². The Balaban J connectivity index is 0.000000111. The lowest BCUT2D eigenvalue weighted by molar-refractivity contribution is 1.16. The predicted molar refractivity (Wildman–Crippen MR) is 492 cm³/mol. The quantitative estimate of drug-likeness (QED) is 0.161. The fraction of sp³-hybridized carbons (Fsp3) is 0.158. The van der Waals surface area contributed by atoms with Crippen LogP contribution in [0.3, 0.4) is 0 Å². The summed E-state index contributed by atoms with van der Waals surface area (Å²) in [6.07, 6.45) is 4.37. The van der Waals surface area contributed by atoms with Gasteiger partial charge in [0.25, 0.3) is 0 Å². The Kier molecular flexibility index (Phi) is 24.3. The molecule has 20 rings (SSSR count). The maximum absolute atomic E-state index is 2.45. The molecule has 0 heterocycles. The molecule has 0 saturated carbocycles. The summed E-state index contributed by atoms with van der Waals surface area (Å²) in [6.45, 7) is 30.0. The molecule has 562 valence electrons. The number of benzene rings is 16. The highest BCUT2D eigenvalue weighted by molar-refractivity contribution is 5.88. The van der Waals surface area contributed by atoms with Crippen LogP contribution in [0.4, 0.5) is 0 Å². The highest BCUT2D eigenvalue weighted by Gasteiger charge is 2.29. The lowest BCUT2D eigenvalue weighted by Crippen LogP contribution is -1.91. The molecule has 0 bridgehead atoms. The first-order valence-corrected chi connectivity index (χ1v) is 40.6. The number of rotatable bonds is 5. The molecule has 0 atom stereocenters. The molecule has 0 nitrogen and oxygen atoms in total. The average molecular weight is 1480 g/mol. The molecule has 0 N–H and O–H groups in total. The molecular formula is C114H106. The van der Waals surface area contributed by atoms with E-state index in [9.17, 15) is 0 Å². The van der Waals surface area contributed by atoms with Crippen LogP contribution in [-0.2, 0) is 25.7 Å². The van der Waals surface area contributed by atoms with Crippen molar-refractivity contribution in [2.45, 2.75) is 123 Å². The van der Waals surface area contributed by atoms with Gasteiger partial charge in [-0.05, 0) is 285 Å². The van der Waals surface area contributed by atoms with E-state index < -0.39 is 0 Å². The largest absolute Gasteiger partial charge is 0.0622 e. The molecule has 0 amide bonds. The van der Waals surface area contributed by atoms with Gasteiger partial charge in [0.1, 0.15) is 0 Å². The van der Waals surface area contributed by atoms with E-state index in [2.05, 4.69) is 431 Å². The second kappa shape index (κ2) is 35.5. The molecule has 16 aromatic carbocycles. The predicted octanol–water partition coefficient (Wildman–Crippen LogP) is 30.7. The molecule has 0 heteroatoms. The standard InChI is InChI=1S/2C22H18.5C14H14/c1-13-3-5-19-15(7-13)9-17-11-22-18(12-21(17)19)10-16-8-14(2)4-6-20(16)22;1-13-3-5-17-15(9-13)11-21-19(17)7-8-20-18-6-4-14(2)10-16(18)12-22(20)21;1-11-3-7-13(8-4-11)14-9-5-12(2)6-10-14;1-11-5-3-7-13(9-11)14-8-4-6-12(2)10-14;1-11-6-8-13(9-7-11)14-5-3-4-12(2)10-14;1-11-8-12(2)10-14(9-11)13-6-4-3-5-7-13;1-11-8-9-12(2)14(10-11)13-6-4-3-5-7-13/h3-8,11-12H,9-10H2,1-2H3;3-10H,11-12H2,1-2H3;5*3-10H,1-2H3. The van der Waals surface area contributed by atoms with Gasteiger partial charge in [0.15, 0.2) is 0 Å². The molecule has 0 aliphatic heterocycles. The van der Waals surface area contributed by atoms with Gasteiger partial charge in [-0.1, -0.05) is 400 Å². The van der Waals surface area contributed by atoms with E-state index in [-0.39, 0.29) is 0 Å². The molecule has 4 aliphatic rings. The Labute approximate surface area is 680 Å². The number of fused-ring (bicyclic) bond motifs is 13. The Hall–Kier alpha value is -12.5. The van der Waals surface area contributed by atoms with Crippen LogP contribution in [0.25, 0.3) is 100 Å². The highest BCUT2D eigenvalue weighted by Crippen LogP contribution is 2.48.